The smallest absolute Gasteiger partial charge is 0.344 e. The van der Waals surface area contributed by atoms with Crippen molar-refractivity contribution < 1.29 is 14.6 Å². The number of carbonyl (C=O) groups is 1. The van der Waals surface area contributed by atoms with E-state index in [0.29, 0.717) is 10.8 Å². The normalized spacial score (nSPS) is 12.3. The summed E-state index contributed by atoms with van der Waals surface area (Å²) in [5.41, 5.74) is 1.96. The number of aryl methyl sites for hydroxylation is 1. The Morgan fingerprint density at radius 1 is 1.47 bits per heavy atom. The van der Waals surface area contributed by atoms with E-state index in [9.17, 15) is 4.79 Å². The van der Waals surface area contributed by atoms with Crippen LogP contribution in [-0.4, -0.2) is 17.2 Å². The van der Waals surface area contributed by atoms with Crippen molar-refractivity contribution in [1.29, 1.82) is 0 Å². The number of halogens is 1. The second kappa shape index (κ2) is 4.53. The average molecular weight is 229 g/mol. The molecule has 0 bridgehead atoms. The van der Waals surface area contributed by atoms with Crippen molar-refractivity contribution in [3.63, 3.8) is 0 Å². The molecular weight excluding hydrogens is 216 g/mol. The molecule has 1 unspecified atom stereocenters. The maximum Gasteiger partial charge on any atom is 0.344 e. The molecule has 0 aliphatic heterocycles. The molecular formula is C11H13ClO3. The molecule has 1 atom stereocenters. The third kappa shape index (κ3) is 2.86. The van der Waals surface area contributed by atoms with Crippen molar-refractivity contribution in [3.8, 4) is 5.75 Å². The van der Waals surface area contributed by atoms with Crippen LogP contribution in [0.1, 0.15) is 18.1 Å². The quantitative estimate of drug-likeness (QED) is 0.866. The first-order valence-electron chi connectivity index (χ1n) is 4.58. The van der Waals surface area contributed by atoms with Crippen LogP contribution in [0.2, 0.25) is 5.02 Å². The summed E-state index contributed by atoms with van der Waals surface area (Å²) in [7, 11) is 0. The van der Waals surface area contributed by atoms with Gasteiger partial charge in [0.05, 0.1) is 0 Å². The van der Waals surface area contributed by atoms with E-state index in [4.69, 9.17) is 21.4 Å². The molecule has 4 heteroatoms. The van der Waals surface area contributed by atoms with Gasteiger partial charge in [-0.05, 0) is 44.0 Å². The Morgan fingerprint density at radius 2 is 2.07 bits per heavy atom. The predicted molar refractivity (Wildman–Crippen MR) is 58.7 cm³/mol. The summed E-state index contributed by atoms with van der Waals surface area (Å²) in [6.07, 6.45) is -0.872. The lowest BCUT2D eigenvalue weighted by molar-refractivity contribution is -0.144. The lowest BCUT2D eigenvalue weighted by atomic mass is 10.1. The number of hydrogen-bond acceptors (Lipinski definition) is 2. The topological polar surface area (TPSA) is 46.5 Å². The highest BCUT2D eigenvalue weighted by molar-refractivity contribution is 6.31. The molecule has 1 rings (SSSR count). The number of aliphatic carboxylic acids is 1. The van der Waals surface area contributed by atoms with Gasteiger partial charge in [-0.1, -0.05) is 11.6 Å². The summed E-state index contributed by atoms with van der Waals surface area (Å²) in [6.45, 7) is 5.28. The van der Waals surface area contributed by atoms with E-state index in [1.807, 2.05) is 13.8 Å². The largest absolute Gasteiger partial charge is 0.479 e. The van der Waals surface area contributed by atoms with Gasteiger partial charge in [0, 0.05) is 5.02 Å². The SMILES string of the molecule is Cc1cc(OC(C)C(=O)O)cc(Cl)c1C. The van der Waals surface area contributed by atoms with Gasteiger partial charge >= 0.3 is 5.97 Å². The van der Waals surface area contributed by atoms with Crippen LogP contribution in [0, 0.1) is 13.8 Å². The maximum absolute atomic E-state index is 10.6. The van der Waals surface area contributed by atoms with Crippen molar-refractivity contribution >= 4 is 17.6 Å². The zero-order valence-electron chi connectivity index (χ0n) is 8.87. The molecule has 0 fully saturated rings. The Balaban J connectivity index is 2.92. The number of rotatable bonds is 3. The van der Waals surface area contributed by atoms with Crippen molar-refractivity contribution in [2.75, 3.05) is 0 Å². The van der Waals surface area contributed by atoms with E-state index in [0.717, 1.165) is 11.1 Å². The Kier molecular flexibility index (Phi) is 3.58. The summed E-state index contributed by atoms with van der Waals surface area (Å²) in [5.74, 6) is -0.512. The fourth-order valence-electron chi connectivity index (χ4n) is 1.11. The van der Waals surface area contributed by atoms with Crippen LogP contribution in [0.4, 0.5) is 0 Å². The van der Waals surface area contributed by atoms with Crippen LogP contribution in [0.3, 0.4) is 0 Å². The van der Waals surface area contributed by atoms with E-state index in [1.54, 1.807) is 12.1 Å². The highest BCUT2D eigenvalue weighted by Crippen LogP contribution is 2.26. The monoisotopic (exact) mass is 228 g/mol. The fourth-order valence-corrected chi connectivity index (χ4v) is 1.36. The van der Waals surface area contributed by atoms with E-state index < -0.39 is 12.1 Å². The lowest BCUT2D eigenvalue weighted by Gasteiger charge is -2.12. The van der Waals surface area contributed by atoms with Crippen molar-refractivity contribution in [3.05, 3.63) is 28.3 Å². The van der Waals surface area contributed by atoms with Gasteiger partial charge in [-0.25, -0.2) is 4.79 Å². The molecule has 0 aliphatic rings. The third-order valence-electron chi connectivity index (χ3n) is 2.24. The van der Waals surface area contributed by atoms with Crippen LogP contribution in [0.5, 0.6) is 5.75 Å². The van der Waals surface area contributed by atoms with Gasteiger partial charge in [-0.15, -0.1) is 0 Å². The number of carboxylic acid groups (broad SMARTS) is 1. The predicted octanol–water partition coefficient (Wildman–Crippen LogP) is 2.81. The molecule has 0 aromatic heterocycles. The minimum absolute atomic E-state index is 0.484. The van der Waals surface area contributed by atoms with E-state index in [-0.39, 0.29) is 0 Å². The van der Waals surface area contributed by atoms with Crippen LogP contribution < -0.4 is 4.74 Å². The molecule has 1 aromatic carbocycles. The van der Waals surface area contributed by atoms with Gasteiger partial charge in [0.1, 0.15) is 5.75 Å². The maximum atomic E-state index is 10.6. The number of hydrogen-bond donors (Lipinski definition) is 1. The highest BCUT2D eigenvalue weighted by Gasteiger charge is 2.13. The molecule has 3 nitrogen and oxygen atoms in total. The molecule has 1 aromatic rings. The molecule has 0 spiro atoms. The van der Waals surface area contributed by atoms with E-state index in [2.05, 4.69) is 0 Å². The summed E-state index contributed by atoms with van der Waals surface area (Å²) >= 11 is 5.95. The first kappa shape index (κ1) is 11.9. The zero-order valence-corrected chi connectivity index (χ0v) is 9.63. The second-order valence-corrected chi connectivity index (χ2v) is 3.85. The van der Waals surface area contributed by atoms with E-state index in [1.165, 1.54) is 6.92 Å². The van der Waals surface area contributed by atoms with Gasteiger partial charge in [-0.3, -0.25) is 0 Å². The first-order chi connectivity index (χ1) is 6.91. The molecule has 0 aliphatic carbocycles. The van der Waals surface area contributed by atoms with Gasteiger partial charge in [0.2, 0.25) is 0 Å². The van der Waals surface area contributed by atoms with Crippen LogP contribution in [0.25, 0.3) is 0 Å². The Hall–Kier alpha value is -1.22. The summed E-state index contributed by atoms with van der Waals surface area (Å²) in [4.78, 5) is 10.6. The van der Waals surface area contributed by atoms with Gasteiger partial charge in [-0.2, -0.15) is 0 Å². The minimum Gasteiger partial charge on any atom is -0.479 e. The highest BCUT2D eigenvalue weighted by atomic mass is 35.5. The van der Waals surface area contributed by atoms with Crippen molar-refractivity contribution in [1.82, 2.24) is 0 Å². The van der Waals surface area contributed by atoms with Crippen LogP contribution in [-0.2, 0) is 4.79 Å². The molecule has 1 N–H and O–H groups in total. The first-order valence-corrected chi connectivity index (χ1v) is 4.96. The van der Waals surface area contributed by atoms with Gasteiger partial charge in [0.25, 0.3) is 0 Å². The van der Waals surface area contributed by atoms with Crippen LogP contribution >= 0.6 is 11.6 Å². The molecule has 82 valence electrons. The summed E-state index contributed by atoms with van der Waals surface area (Å²) < 4.78 is 5.21. The molecule has 15 heavy (non-hydrogen) atoms. The summed E-state index contributed by atoms with van der Waals surface area (Å²) in [5, 5.41) is 9.26. The molecule has 0 saturated carbocycles. The van der Waals surface area contributed by atoms with Crippen molar-refractivity contribution in [2.45, 2.75) is 26.9 Å². The van der Waals surface area contributed by atoms with Gasteiger partial charge in [0.15, 0.2) is 6.10 Å². The van der Waals surface area contributed by atoms with Crippen LogP contribution in [0.15, 0.2) is 12.1 Å². The molecule has 0 saturated heterocycles. The molecule has 0 radical (unpaired) electrons. The third-order valence-corrected chi connectivity index (χ3v) is 2.63. The number of carboxylic acids is 1. The Bertz CT molecular complexity index is 364. The number of ether oxygens (including phenoxy) is 1. The second-order valence-electron chi connectivity index (χ2n) is 3.45. The fraction of sp³-hybridized carbons (Fsp3) is 0.364. The Morgan fingerprint density at radius 3 is 2.53 bits per heavy atom. The van der Waals surface area contributed by atoms with Crippen molar-refractivity contribution in [2.24, 2.45) is 0 Å². The standard InChI is InChI=1S/C11H13ClO3/c1-6-4-9(5-10(12)7(6)2)15-8(3)11(13)14/h4-5,8H,1-3H3,(H,13,14). The van der Waals surface area contributed by atoms with E-state index >= 15 is 0 Å². The minimum atomic E-state index is -0.996. The molecule has 0 heterocycles. The Labute approximate surface area is 93.6 Å². The molecule has 0 amide bonds. The summed E-state index contributed by atoms with van der Waals surface area (Å²) in [6, 6.07) is 3.41. The number of benzene rings is 1. The lowest BCUT2D eigenvalue weighted by Crippen LogP contribution is -2.22. The van der Waals surface area contributed by atoms with Gasteiger partial charge < -0.3 is 9.84 Å². The zero-order chi connectivity index (χ0) is 11.6. The average Bonchev–Trinajstić information content (AvgIpc) is 2.13.